The van der Waals surface area contributed by atoms with E-state index < -0.39 is 0 Å². The monoisotopic (exact) mass is 222 g/mol. The number of rotatable bonds is 2. The van der Waals surface area contributed by atoms with Gasteiger partial charge in [0.2, 0.25) is 5.91 Å². The van der Waals surface area contributed by atoms with Crippen molar-refractivity contribution < 1.29 is 4.79 Å². The minimum atomic E-state index is -0.204. The topological polar surface area (TPSA) is 32.3 Å². The maximum absolute atomic E-state index is 12.7. The number of hydrogen-bond donors (Lipinski definition) is 1. The van der Waals surface area contributed by atoms with Crippen molar-refractivity contribution in [2.75, 3.05) is 13.1 Å². The van der Waals surface area contributed by atoms with E-state index >= 15 is 0 Å². The smallest absolute Gasteiger partial charge is 0.243 e. The zero-order valence-electron chi connectivity index (χ0n) is 10.2. The van der Waals surface area contributed by atoms with Crippen molar-refractivity contribution in [2.45, 2.75) is 57.0 Å². The molecule has 1 saturated carbocycles. The number of nitrogens with zero attached hydrogens (tertiary/aromatic N) is 1. The van der Waals surface area contributed by atoms with Crippen LogP contribution >= 0.6 is 0 Å². The predicted octanol–water partition coefficient (Wildman–Crippen LogP) is 1.53. The molecule has 2 bridgehead atoms. The Bertz CT molecular complexity index is 296. The van der Waals surface area contributed by atoms with Crippen LogP contribution in [0.5, 0.6) is 0 Å². The van der Waals surface area contributed by atoms with Gasteiger partial charge >= 0.3 is 0 Å². The van der Waals surface area contributed by atoms with Crippen LogP contribution in [0.3, 0.4) is 0 Å². The normalized spacial score (nSPS) is 41.9. The molecule has 3 aliphatic rings. The molecule has 3 unspecified atom stereocenters. The molecular weight excluding hydrogens is 200 g/mol. The number of fused-ring (bicyclic) bond motifs is 2. The van der Waals surface area contributed by atoms with Gasteiger partial charge in [0.15, 0.2) is 0 Å². The molecule has 3 atom stereocenters. The minimum Gasteiger partial charge on any atom is -0.338 e. The van der Waals surface area contributed by atoms with Gasteiger partial charge in [-0.25, -0.2) is 0 Å². The Hall–Kier alpha value is -0.570. The summed E-state index contributed by atoms with van der Waals surface area (Å²) in [6, 6.07) is 0.573. The number of carbonyl (C=O) groups is 1. The Kier molecular flexibility index (Phi) is 2.46. The summed E-state index contributed by atoms with van der Waals surface area (Å²) >= 11 is 0. The molecule has 0 aromatic heterocycles. The van der Waals surface area contributed by atoms with E-state index in [1.54, 1.807) is 0 Å². The van der Waals surface area contributed by atoms with Crippen LogP contribution in [0.4, 0.5) is 0 Å². The highest BCUT2D eigenvalue weighted by Crippen LogP contribution is 2.39. The van der Waals surface area contributed by atoms with Crippen LogP contribution in [0.2, 0.25) is 0 Å². The predicted molar refractivity (Wildman–Crippen MR) is 63.1 cm³/mol. The van der Waals surface area contributed by atoms with Gasteiger partial charge < -0.3 is 10.2 Å². The number of hydrogen-bond acceptors (Lipinski definition) is 2. The molecule has 16 heavy (non-hydrogen) atoms. The molecule has 3 heteroatoms. The fourth-order valence-corrected chi connectivity index (χ4v) is 3.89. The second-order valence-corrected chi connectivity index (χ2v) is 5.76. The summed E-state index contributed by atoms with van der Waals surface area (Å²) in [6.07, 6.45) is 7.00. The lowest BCUT2D eigenvalue weighted by Gasteiger charge is -2.36. The number of piperidine rings is 1. The first-order chi connectivity index (χ1) is 7.75. The van der Waals surface area contributed by atoms with E-state index in [0.717, 1.165) is 38.3 Å². The van der Waals surface area contributed by atoms with Crippen molar-refractivity contribution in [2.24, 2.45) is 5.92 Å². The maximum atomic E-state index is 12.7. The van der Waals surface area contributed by atoms with Crippen molar-refractivity contribution in [3.05, 3.63) is 0 Å². The van der Waals surface area contributed by atoms with Crippen LogP contribution in [0.1, 0.15) is 45.4 Å². The van der Waals surface area contributed by atoms with Crippen LogP contribution < -0.4 is 5.32 Å². The fraction of sp³-hybridized carbons (Fsp3) is 0.923. The first-order valence-corrected chi connectivity index (χ1v) is 6.81. The zero-order chi connectivity index (χ0) is 11.2. The van der Waals surface area contributed by atoms with Crippen molar-refractivity contribution in [1.29, 1.82) is 0 Å². The third kappa shape index (κ3) is 1.41. The standard InChI is InChI=1S/C13H22N2O/c1-2-13(6-3-7-14-13)12(16)15-9-10-4-5-11(15)8-10/h10-11,14H,2-9H2,1H3. The zero-order valence-corrected chi connectivity index (χ0v) is 10.2. The lowest BCUT2D eigenvalue weighted by molar-refractivity contribution is -0.139. The summed E-state index contributed by atoms with van der Waals surface area (Å²) < 4.78 is 0. The van der Waals surface area contributed by atoms with E-state index in [1.807, 2.05) is 0 Å². The lowest BCUT2D eigenvalue weighted by Crippen LogP contribution is -2.56. The number of likely N-dealkylation sites (tertiary alicyclic amines) is 1. The number of amides is 1. The average Bonchev–Trinajstić information content (AvgIpc) is 3.03. The van der Waals surface area contributed by atoms with Gasteiger partial charge in [-0.1, -0.05) is 6.92 Å². The average molecular weight is 222 g/mol. The maximum Gasteiger partial charge on any atom is 0.243 e. The summed E-state index contributed by atoms with van der Waals surface area (Å²) in [4.78, 5) is 14.8. The van der Waals surface area contributed by atoms with Crippen LogP contribution in [0.15, 0.2) is 0 Å². The number of nitrogens with one attached hydrogen (secondary N) is 1. The molecule has 0 aromatic carbocycles. The largest absolute Gasteiger partial charge is 0.338 e. The molecular formula is C13H22N2O. The van der Waals surface area contributed by atoms with Gasteiger partial charge in [0.1, 0.15) is 0 Å². The molecule has 3 rings (SSSR count). The molecule has 1 aliphatic carbocycles. The molecule has 2 heterocycles. The van der Waals surface area contributed by atoms with E-state index in [4.69, 9.17) is 0 Å². The van der Waals surface area contributed by atoms with Gasteiger partial charge in [0, 0.05) is 12.6 Å². The first kappa shape index (κ1) is 10.6. The van der Waals surface area contributed by atoms with E-state index in [1.165, 1.54) is 19.3 Å². The van der Waals surface area contributed by atoms with Crippen molar-refractivity contribution in [3.8, 4) is 0 Å². The van der Waals surface area contributed by atoms with Gasteiger partial charge in [-0.2, -0.15) is 0 Å². The molecule has 2 aliphatic heterocycles. The highest BCUT2D eigenvalue weighted by atomic mass is 16.2. The third-order valence-corrected chi connectivity index (χ3v) is 4.93. The van der Waals surface area contributed by atoms with Gasteiger partial charge in [-0.05, 0) is 51.0 Å². The van der Waals surface area contributed by atoms with E-state index in [9.17, 15) is 4.79 Å². The fourth-order valence-electron chi connectivity index (χ4n) is 3.89. The minimum absolute atomic E-state index is 0.204. The molecule has 1 amide bonds. The Balaban J connectivity index is 1.77. The van der Waals surface area contributed by atoms with Crippen LogP contribution in [0, 0.1) is 5.92 Å². The van der Waals surface area contributed by atoms with Crippen LogP contribution in [0.25, 0.3) is 0 Å². The van der Waals surface area contributed by atoms with Crippen molar-refractivity contribution in [1.82, 2.24) is 10.2 Å². The second kappa shape index (κ2) is 3.73. The van der Waals surface area contributed by atoms with Crippen LogP contribution in [-0.2, 0) is 4.79 Å². The summed E-state index contributed by atoms with van der Waals surface area (Å²) in [7, 11) is 0. The SMILES string of the molecule is CCC1(C(=O)N2CC3CCC2C3)CCCN1. The molecule has 3 fully saturated rings. The highest BCUT2D eigenvalue weighted by molar-refractivity contribution is 5.87. The second-order valence-electron chi connectivity index (χ2n) is 5.76. The highest BCUT2D eigenvalue weighted by Gasteiger charge is 2.48. The third-order valence-electron chi connectivity index (χ3n) is 4.93. The Morgan fingerprint density at radius 3 is 2.88 bits per heavy atom. The van der Waals surface area contributed by atoms with Gasteiger partial charge in [-0.15, -0.1) is 0 Å². The van der Waals surface area contributed by atoms with Gasteiger partial charge in [0.05, 0.1) is 5.54 Å². The Morgan fingerprint density at radius 2 is 2.38 bits per heavy atom. The molecule has 2 saturated heterocycles. The Labute approximate surface area is 97.6 Å². The molecule has 0 radical (unpaired) electrons. The summed E-state index contributed by atoms with van der Waals surface area (Å²) in [5.41, 5.74) is -0.204. The molecule has 3 nitrogen and oxygen atoms in total. The van der Waals surface area contributed by atoms with Crippen LogP contribution in [-0.4, -0.2) is 35.5 Å². The molecule has 0 spiro atoms. The first-order valence-electron chi connectivity index (χ1n) is 6.81. The Morgan fingerprint density at radius 1 is 1.50 bits per heavy atom. The summed E-state index contributed by atoms with van der Waals surface area (Å²) in [5.74, 6) is 1.21. The van der Waals surface area contributed by atoms with E-state index in [0.29, 0.717) is 11.9 Å². The van der Waals surface area contributed by atoms with Gasteiger partial charge in [-0.3, -0.25) is 4.79 Å². The van der Waals surface area contributed by atoms with Crippen molar-refractivity contribution >= 4 is 5.91 Å². The summed E-state index contributed by atoms with van der Waals surface area (Å²) in [5, 5.41) is 3.46. The molecule has 1 N–H and O–H groups in total. The quantitative estimate of drug-likeness (QED) is 0.768. The van der Waals surface area contributed by atoms with Crippen molar-refractivity contribution in [3.63, 3.8) is 0 Å². The number of carbonyl (C=O) groups excluding carboxylic acids is 1. The van der Waals surface area contributed by atoms with E-state index in [-0.39, 0.29) is 5.54 Å². The molecule has 0 aromatic rings. The molecule has 90 valence electrons. The lowest BCUT2D eigenvalue weighted by atomic mass is 9.91. The summed E-state index contributed by atoms with van der Waals surface area (Å²) in [6.45, 7) is 4.19. The van der Waals surface area contributed by atoms with Gasteiger partial charge in [0.25, 0.3) is 0 Å². The van der Waals surface area contributed by atoms with E-state index in [2.05, 4.69) is 17.1 Å².